The predicted octanol–water partition coefficient (Wildman–Crippen LogP) is 0.694. The molecule has 0 amide bonds. The second-order valence-electron chi connectivity index (χ2n) is 1.89. The standard InChI is InChI=1S/C6H11BrO3/c1-3-10-6(9)5(7)4(2)8/h4-5,8H,3H2,1-2H3. The van der Waals surface area contributed by atoms with Crippen molar-refractivity contribution in [3.63, 3.8) is 0 Å². The van der Waals surface area contributed by atoms with E-state index in [1.165, 1.54) is 6.92 Å². The monoisotopic (exact) mass is 210 g/mol. The first-order valence-corrected chi connectivity index (χ1v) is 4.00. The van der Waals surface area contributed by atoms with Gasteiger partial charge in [0.05, 0.1) is 12.7 Å². The Morgan fingerprint density at radius 1 is 1.80 bits per heavy atom. The molecular formula is C6H11BrO3. The maximum Gasteiger partial charge on any atom is 0.322 e. The first kappa shape index (κ1) is 9.91. The number of aliphatic hydroxyl groups excluding tert-OH is 1. The van der Waals surface area contributed by atoms with Gasteiger partial charge in [0, 0.05) is 0 Å². The normalized spacial score (nSPS) is 16.0. The molecule has 0 radical (unpaired) electrons. The van der Waals surface area contributed by atoms with Crippen LogP contribution in [0.5, 0.6) is 0 Å². The van der Waals surface area contributed by atoms with Gasteiger partial charge in [-0.05, 0) is 13.8 Å². The third-order valence-electron chi connectivity index (χ3n) is 0.935. The van der Waals surface area contributed by atoms with E-state index in [0.29, 0.717) is 6.61 Å². The number of ether oxygens (including phenoxy) is 1. The Morgan fingerprint density at radius 2 is 2.30 bits per heavy atom. The maximum atomic E-state index is 10.8. The quantitative estimate of drug-likeness (QED) is 0.551. The van der Waals surface area contributed by atoms with Crippen molar-refractivity contribution >= 4 is 21.9 Å². The highest BCUT2D eigenvalue weighted by molar-refractivity contribution is 9.10. The van der Waals surface area contributed by atoms with Crippen molar-refractivity contribution in [1.29, 1.82) is 0 Å². The molecule has 0 bridgehead atoms. The second kappa shape index (κ2) is 4.68. The highest BCUT2D eigenvalue weighted by Crippen LogP contribution is 2.06. The van der Waals surface area contributed by atoms with Crippen LogP contribution in [0.2, 0.25) is 0 Å². The van der Waals surface area contributed by atoms with Crippen LogP contribution in [-0.2, 0) is 9.53 Å². The lowest BCUT2D eigenvalue weighted by molar-refractivity contribution is -0.144. The zero-order valence-corrected chi connectivity index (χ0v) is 7.59. The summed E-state index contributed by atoms with van der Waals surface area (Å²) >= 11 is 2.98. The van der Waals surface area contributed by atoms with Gasteiger partial charge in [-0.2, -0.15) is 0 Å². The van der Waals surface area contributed by atoms with Crippen molar-refractivity contribution in [2.24, 2.45) is 0 Å². The Morgan fingerprint density at radius 3 is 2.60 bits per heavy atom. The largest absolute Gasteiger partial charge is 0.465 e. The molecule has 2 atom stereocenters. The molecule has 1 N–H and O–H groups in total. The molecule has 0 saturated heterocycles. The molecule has 0 fully saturated rings. The Bertz CT molecular complexity index is 114. The fraction of sp³-hybridized carbons (Fsp3) is 0.833. The number of hydrogen-bond donors (Lipinski definition) is 1. The Labute approximate surface area is 68.5 Å². The number of hydrogen-bond acceptors (Lipinski definition) is 3. The minimum atomic E-state index is -0.709. The van der Waals surface area contributed by atoms with Gasteiger partial charge in [0.2, 0.25) is 0 Å². The average molecular weight is 211 g/mol. The van der Waals surface area contributed by atoms with Crippen LogP contribution in [0.3, 0.4) is 0 Å². The summed E-state index contributed by atoms with van der Waals surface area (Å²) in [5.74, 6) is -0.419. The average Bonchev–Trinajstić information content (AvgIpc) is 1.87. The Kier molecular flexibility index (Phi) is 4.64. The zero-order chi connectivity index (χ0) is 8.15. The first-order valence-electron chi connectivity index (χ1n) is 3.08. The van der Waals surface area contributed by atoms with E-state index in [1.807, 2.05) is 0 Å². The number of rotatable bonds is 3. The molecule has 0 aliphatic heterocycles. The Hall–Kier alpha value is -0.0900. The molecule has 0 heterocycles. The van der Waals surface area contributed by atoms with Crippen LogP contribution in [0.25, 0.3) is 0 Å². The molecule has 0 aromatic carbocycles. The molecule has 0 aliphatic rings. The number of carbonyl (C=O) groups is 1. The molecule has 2 unspecified atom stereocenters. The number of esters is 1. The van der Waals surface area contributed by atoms with Gasteiger partial charge in [-0.1, -0.05) is 15.9 Å². The van der Waals surface area contributed by atoms with Crippen LogP contribution >= 0.6 is 15.9 Å². The molecular weight excluding hydrogens is 200 g/mol. The van der Waals surface area contributed by atoms with Crippen LogP contribution in [0, 0.1) is 0 Å². The summed E-state index contributed by atoms with van der Waals surface area (Å²) < 4.78 is 4.62. The lowest BCUT2D eigenvalue weighted by atomic mass is 10.3. The van der Waals surface area contributed by atoms with E-state index >= 15 is 0 Å². The van der Waals surface area contributed by atoms with E-state index in [1.54, 1.807) is 6.92 Å². The van der Waals surface area contributed by atoms with E-state index in [9.17, 15) is 4.79 Å². The second-order valence-corrected chi connectivity index (χ2v) is 2.88. The molecule has 0 aliphatic carbocycles. The SMILES string of the molecule is CCOC(=O)C(Br)C(C)O. The lowest BCUT2D eigenvalue weighted by Crippen LogP contribution is -2.27. The van der Waals surface area contributed by atoms with Crippen molar-refractivity contribution < 1.29 is 14.6 Å². The topological polar surface area (TPSA) is 46.5 Å². The van der Waals surface area contributed by atoms with Crippen molar-refractivity contribution in [2.45, 2.75) is 24.8 Å². The smallest absolute Gasteiger partial charge is 0.322 e. The van der Waals surface area contributed by atoms with E-state index in [0.717, 1.165) is 0 Å². The molecule has 0 aromatic heterocycles. The van der Waals surface area contributed by atoms with Crippen LogP contribution in [0.4, 0.5) is 0 Å². The van der Waals surface area contributed by atoms with Crippen molar-refractivity contribution in [1.82, 2.24) is 0 Å². The third-order valence-corrected chi connectivity index (χ3v) is 2.07. The fourth-order valence-corrected chi connectivity index (χ4v) is 0.551. The van der Waals surface area contributed by atoms with Crippen LogP contribution in [0.15, 0.2) is 0 Å². The van der Waals surface area contributed by atoms with Gasteiger partial charge in [0.15, 0.2) is 0 Å². The van der Waals surface area contributed by atoms with Crippen molar-refractivity contribution in [3.05, 3.63) is 0 Å². The maximum absolute atomic E-state index is 10.8. The molecule has 0 aromatic rings. The summed E-state index contributed by atoms with van der Waals surface area (Å²) in [7, 11) is 0. The number of halogens is 1. The predicted molar refractivity (Wildman–Crippen MR) is 41.0 cm³/mol. The van der Waals surface area contributed by atoms with Crippen molar-refractivity contribution in [3.8, 4) is 0 Å². The molecule has 0 spiro atoms. The fourth-order valence-electron chi connectivity index (χ4n) is 0.419. The van der Waals surface area contributed by atoms with Gasteiger partial charge in [0.1, 0.15) is 4.83 Å². The summed E-state index contributed by atoms with van der Waals surface area (Å²) in [6.45, 7) is 3.59. The highest BCUT2D eigenvalue weighted by Gasteiger charge is 2.20. The zero-order valence-electron chi connectivity index (χ0n) is 6.00. The molecule has 3 nitrogen and oxygen atoms in total. The van der Waals surface area contributed by atoms with Gasteiger partial charge in [-0.3, -0.25) is 4.79 Å². The van der Waals surface area contributed by atoms with Crippen LogP contribution < -0.4 is 0 Å². The first-order chi connectivity index (χ1) is 4.59. The van der Waals surface area contributed by atoms with Gasteiger partial charge in [-0.15, -0.1) is 0 Å². The van der Waals surface area contributed by atoms with E-state index in [4.69, 9.17) is 5.11 Å². The highest BCUT2D eigenvalue weighted by atomic mass is 79.9. The number of carbonyl (C=O) groups excluding carboxylic acids is 1. The van der Waals surface area contributed by atoms with E-state index < -0.39 is 16.9 Å². The summed E-state index contributed by atoms with van der Waals surface area (Å²) in [6.07, 6.45) is -0.709. The van der Waals surface area contributed by atoms with E-state index in [-0.39, 0.29) is 0 Å². The summed E-state index contributed by atoms with van der Waals surface area (Å²) in [5, 5.41) is 8.87. The molecule has 0 rings (SSSR count). The van der Waals surface area contributed by atoms with Crippen LogP contribution in [-0.4, -0.2) is 28.6 Å². The molecule has 4 heteroatoms. The summed E-state index contributed by atoms with van der Waals surface area (Å²) in [5.41, 5.74) is 0. The minimum absolute atomic E-state index is 0.341. The van der Waals surface area contributed by atoms with Gasteiger partial charge in [0.25, 0.3) is 0 Å². The summed E-state index contributed by atoms with van der Waals surface area (Å²) in [4.78, 5) is 10.2. The lowest BCUT2D eigenvalue weighted by Gasteiger charge is -2.10. The number of alkyl halides is 1. The minimum Gasteiger partial charge on any atom is -0.465 e. The van der Waals surface area contributed by atoms with Gasteiger partial charge >= 0.3 is 5.97 Å². The van der Waals surface area contributed by atoms with E-state index in [2.05, 4.69) is 20.7 Å². The van der Waals surface area contributed by atoms with Crippen LogP contribution in [0.1, 0.15) is 13.8 Å². The van der Waals surface area contributed by atoms with Crippen molar-refractivity contribution in [2.75, 3.05) is 6.61 Å². The molecule has 0 saturated carbocycles. The van der Waals surface area contributed by atoms with Gasteiger partial charge < -0.3 is 9.84 Å². The third kappa shape index (κ3) is 3.17. The van der Waals surface area contributed by atoms with Gasteiger partial charge in [-0.25, -0.2) is 0 Å². The Balaban J connectivity index is 3.71. The molecule has 10 heavy (non-hydrogen) atoms. The summed E-state index contributed by atoms with van der Waals surface area (Å²) in [6, 6.07) is 0. The number of aliphatic hydroxyl groups is 1. The molecule has 60 valence electrons.